The number of nitrogens with two attached hydrogens (primary N) is 1. The van der Waals surface area contributed by atoms with Gasteiger partial charge in [-0.3, -0.25) is 0 Å². The molecule has 1 fully saturated rings. The van der Waals surface area contributed by atoms with Crippen molar-refractivity contribution in [3.63, 3.8) is 0 Å². The van der Waals surface area contributed by atoms with Crippen LogP contribution < -0.4 is 5.73 Å². The molecule has 1 heterocycles. The van der Waals surface area contributed by atoms with Crippen LogP contribution in [-0.2, 0) is 16.2 Å². The quantitative estimate of drug-likeness (QED) is 0.897. The van der Waals surface area contributed by atoms with E-state index in [0.717, 1.165) is 22.5 Å². The molecule has 1 saturated heterocycles. The van der Waals surface area contributed by atoms with Crippen molar-refractivity contribution in [2.45, 2.75) is 23.5 Å². The Kier molecular flexibility index (Phi) is 3.59. The monoisotopic (exact) mass is 294 g/mol. The van der Waals surface area contributed by atoms with E-state index in [2.05, 4.69) is 0 Å². The number of rotatable bonds is 2. The summed E-state index contributed by atoms with van der Waals surface area (Å²) in [5.74, 6) is 0. The zero-order valence-corrected chi connectivity index (χ0v) is 10.7. The lowest BCUT2D eigenvalue weighted by Gasteiger charge is -2.19. The van der Waals surface area contributed by atoms with Crippen molar-refractivity contribution < 1.29 is 21.6 Å². The van der Waals surface area contributed by atoms with Crippen LogP contribution in [-0.4, -0.2) is 31.9 Å². The fourth-order valence-electron chi connectivity index (χ4n) is 2.04. The Hall–Kier alpha value is -1.12. The highest BCUT2D eigenvalue weighted by molar-refractivity contribution is 7.89. The van der Waals surface area contributed by atoms with Gasteiger partial charge in [-0.15, -0.1) is 0 Å². The van der Waals surface area contributed by atoms with Gasteiger partial charge in [0.2, 0.25) is 10.0 Å². The minimum absolute atomic E-state index is 0.0501. The molecule has 8 heteroatoms. The molecular formula is C11H13F3N2O2S. The fourth-order valence-corrected chi connectivity index (χ4v) is 3.76. The summed E-state index contributed by atoms with van der Waals surface area (Å²) in [6, 6.07) is 3.86. The molecule has 0 radical (unpaired) electrons. The van der Waals surface area contributed by atoms with Gasteiger partial charge in [0.05, 0.1) is 10.5 Å². The summed E-state index contributed by atoms with van der Waals surface area (Å²) >= 11 is 0. The lowest BCUT2D eigenvalue weighted by molar-refractivity contribution is -0.139. The second kappa shape index (κ2) is 4.77. The van der Waals surface area contributed by atoms with Gasteiger partial charge in [-0.05, 0) is 18.6 Å². The van der Waals surface area contributed by atoms with Crippen LogP contribution in [0.4, 0.5) is 13.2 Å². The van der Waals surface area contributed by atoms with E-state index in [9.17, 15) is 21.6 Å². The molecule has 2 N–H and O–H groups in total. The van der Waals surface area contributed by atoms with Crippen molar-refractivity contribution in [3.05, 3.63) is 29.8 Å². The summed E-state index contributed by atoms with van der Waals surface area (Å²) in [6.45, 7) is 0.199. The van der Waals surface area contributed by atoms with Gasteiger partial charge in [0, 0.05) is 19.1 Å². The average Bonchev–Trinajstić information content (AvgIpc) is 2.75. The zero-order valence-electron chi connectivity index (χ0n) is 9.89. The molecule has 0 saturated carbocycles. The van der Waals surface area contributed by atoms with Gasteiger partial charge in [-0.1, -0.05) is 12.1 Å². The maximum atomic E-state index is 12.8. The number of nitrogens with zero attached hydrogens (tertiary/aromatic N) is 1. The molecule has 1 atom stereocenters. The fraction of sp³-hybridized carbons (Fsp3) is 0.455. The van der Waals surface area contributed by atoms with E-state index in [1.54, 1.807) is 0 Å². The topological polar surface area (TPSA) is 63.4 Å². The largest absolute Gasteiger partial charge is 0.417 e. The van der Waals surface area contributed by atoms with Crippen molar-refractivity contribution in [2.24, 2.45) is 5.73 Å². The number of halogens is 3. The smallest absolute Gasteiger partial charge is 0.326 e. The van der Waals surface area contributed by atoms with Crippen LogP contribution in [0, 0.1) is 0 Å². The van der Waals surface area contributed by atoms with Gasteiger partial charge in [-0.2, -0.15) is 17.5 Å². The van der Waals surface area contributed by atoms with E-state index < -0.39 is 26.7 Å². The third-order valence-corrected chi connectivity index (χ3v) is 4.92. The molecule has 0 aliphatic carbocycles. The maximum Gasteiger partial charge on any atom is 0.417 e. The van der Waals surface area contributed by atoms with E-state index in [1.165, 1.54) is 6.07 Å². The maximum absolute atomic E-state index is 12.8. The lowest BCUT2D eigenvalue weighted by atomic mass is 10.2. The number of benzene rings is 1. The Balaban J connectivity index is 2.47. The van der Waals surface area contributed by atoms with Crippen LogP contribution in [0.2, 0.25) is 0 Å². The highest BCUT2D eigenvalue weighted by Gasteiger charge is 2.40. The van der Waals surface area contributed by atoms with E-state index >= 15 is 0 Å². The molecule has 1 aromatic rings. The van der Waals surface area contributed by atoms with Crippen molar-refractivity contribution >= 4 is 10.0 Å². The van der Waals surface area contributed by atoms with Crippen LogP contribution in [0.3, 0.4) is 0 Å². The van der Waals surface area contributed by atoms with Crippen LogP contribution in [0.1, 0.15) is 12.0 Å². The van der Waals surface area contributed by atoms with Crippen LogP contribution in [0.15, 0.2) is 29.2 Å². The number of hydrogen-bond donors (Lipinski definition) is 1. The second-order valence-electron chi connectivity index (χ2n) is 4.41. The third-order valence-electron chi connectivity index (χ3n) is 3.00. The van der Waals surface area contributed by atoms with Crippen LogP contribution >= 0.6 is 0 Å². The third kappa shape index (κ3) is 2.75. The van der Waals surface area contributed by atoms with Gasteiger partial charge >= 0.3 is 6.18 Å². The molecule has 1 unspecified atom stereocenters. The van der Waals surface area contributed by atoms with Gasteiger partial charge in [0.25, 0.3) is 0 Å². The summed E-state index contributed by atoms with van der Waals surface area (Å²) < 4.78 is 63.9. The molecule has 4 nitrogen and oxygen atoms in total. The summed E-state index contributed by atoms with van der Waals surface area (Å²) in [6.07, 6.45) is -4.25. The van der Waals surface area contributed by atoms with Gasteiger partial charge in [0.15, 0.2) is 0 Å². The SMILES string of the molecule is NC1CCN(S(=O)(=O)c2ccccc2C(F)(F)F)C1. The van der Waals surface area contributed by atoms with Gasteiger partial charge in [0.1, 0.15) is 0 Å². The molecule has 0 spiro atoms. The summed E-state index contributed by atoms with van der Waals surface area (Å²) in [7, 11) is -4.15. The first-order valence-electron chi connectivity index (χ1n) is 5.65. The number of sulfonamides is 1. The Morgan fingerprint density at radius 1 is 1.26 bits per heavy atom. The van der Waals surface area contributed by atoms with Crippen molar-refractivity contribution in [3.8, 4) is 0 Å². The van der Waals surface area contributed by atoms with E-state index in [-0.39, 0.29) is 19.1 Å². The Morgan fingerprint density at radius 2 is 1.89 bits per heavy atom. The van der Waals surface area contributed by atoms with Gasteiger partial charge in [-0.25, -0.2) is 8.42 Å². The predicted octanol–water partition coefficient (Wildman–Crippen LogP) is 1.43. The second-order valence-corrected chi connectivity index (χ2v) is 6.31. The number of alkyl halides is 3. The van der Waals surface area contributed by atoms with Crippen LogP contribution in [0.5, 0.6) is 0 Å². The predicted molar refractivity (Wildman–Crippen MR) is 62.8 cm³/mol. The molecule has 2 rings (SSSR count). The molecule has 19 heavy (non-hydrogen) atoms. The molecule has 1 aliphatic heterocycles. The first-order valence-corrected chi connectivity index (χ1v) is 7.09. The van der Waals surface area contributed by atoms with Crippen molar-refractivity contribution in [1.82, 2.24) is 4.31 Å². The summed E-state index contributed by atoms with van der Waals surface area (Å²) in [5.41, 5.74) is 4.45. The Bertz CT molecular complexity index is 572. The van der Waals surface area contributed by atoms with E-state index in [0.29, 0.717) is 6.42 Å². The highest BCUT2D eigenvalue weighted by Crippen LogP contribution is 2.35. The Labute approximate surface area is 109 Å². The molecule has 0 amide bonds. The highest BCUT2D eigenvalue weighted by atomic mass is 32.2. The first kappa shape index (κ1) is 14.3. The molecule has 0 bridgehead atoms. The minimum Gasteiger partial charge on any atom is -0.326 e. The summed E-state index contributed by atoms with van der Waals surface area (Å²) in [5, 5.41) is 0. The molecule has 1 aliphatic rings. The summed E-state index contributed by atoms with van der Waals surface area (Å²) in [4.78, 5) is -0.711. The minimum atomic E-state index is -4.70. The van der Waals surface area contributed by atoms with Gasteiger partial charge < -0.3 is 5.73 Å². The van der Waals surface area contributed by atoms with Crippen molar-refractivity contribution in [2.75, 3.05) is 13.1 Å². The average molecular weight is 294 g/mol. The molecule has 106 valence electrons. The van der Waals surface area contributed by atoms with E-state index in [1.807, 2.05) is 0 Å². The molecule has 1 aromatic carbocycles. The standard InChI is InChI=1S/C11H13F3N2O2S/c12-11(13,14)9-3-1-2-4-10(9)19(17,18)16-6-5-8(15)7-16/h1-4,8H,5-7,15H2. The zero-order chi connectivity index (χ0) is 14.3. The first-order chi connectivity index (χ1) is 8.73. The lowest BCUT2D eigenvalue weighted by Crippen LogP contribution is -2.33. The van der Waals surface area contributed by atoms with Crippen LogP contribution in [0.25, 0.3) is 0 Å². The Morgan fingerprint density at radius 3 is 2.42 bits per heavy atom. The van der Waals surface area contributed by atoms with Crippen molar-refractivity contribution in [1.29, 1.82) is 0 Å². The molecular weight excluding hydrogens is 281 g/mol. The normalized spacial score (nSPS) is 21.8. The number of hydrogen-bond acceptors (Lipinski definition) is 3. The molecule has 0 aromatic heterocycles. The van der Waals surface area contributed by atoms with E-state index in [4.69, 9.17) is 5.73 Å².